The molecule has 0 amide bonds. The molecule has 0 atom stereocenters. The molecule has 5 heteroatoms. The van der Waals surface area contributed by atoms with E-state index in [2.05, 4.69) is 20.9 Å². The molecular weight excluding hydrogens is 337 g/mol. The van der Waals surface area contributed by atoms with Crippen molar-refractivity contribution in [2.75, 3.05) is 0 Å². The van der Waals surface area contributed by atoms with Gasteiger partial charge in [0.25, 0.3) is 0 Å². The molecule has 1 aromatic carbocycles. The van der Waals surface area contributed by atoms with Crippen LogP contribution in [-0.2, 0) is 18.0 Å². The normalized spacial score (nSPS) is 10.6. The molecule has 1 aromatic heterocycles. The van der Waals surface area contributed by atoms with E-state index < -0.39 is 0 Å². The largest absolute Gasteiger partial charge is 0.372 e. The van der Waals surface area contributed by atoms with Crippen LogP contribution >= 0.6 is 39.1 Å². The standard InChI is InChI=1S/C13H10BrCl2NO/c14-11-4-2-1-3-9(11)7-18-8-10-6-17-13(16)5-12(10)15/h1-6H,7-8H2. The number of ether oxygens (including phenoxy) is 1. The number of rotatable bonds is 4. The summed E-state index contributed by atoms with van der Waals surface area (Å²) in [7, 11) is 0. The number of hydrogen-bond donors (Lipinski definition) is 0. The summed E-state index contributed by atoms with van der Waals surface area (Å²) >= 11 is 15.2. The highest BCUT2D eigenvalue weighted by atomic mass is 79.9. The van der Waals surface area contributed by atoms with Crippen molar-refractivity contribution in [1.82, 2.24) is 4.98 Å². The molecule has 0 unspecified atom stereocenters. The molecule has 0 fully saturated rings. The Balaban J connectivity index is 1.95. The van der Waals surface area contributed by atoms with Crippen LogP contribution < -0.4 is 0 Å². The topological polar surface area (TPSA) is 22.1 Å². The highest BCUT2D eigenvalue weighted by Gasteiger charge is 2.04. The molecule has 94 valence electrons. The van der Waals surface area contributed by atoms with Gasteiger partial charge >= 0.3 is 0 Å². The number of halogens is 3. The maximum Gasteiger partial charge on any atom is 0.130 e. The summed E-state index contributed by atoms with van der Waals surface area (Å²) < 4.78 is 6.64. The van der Waals surface area contributed by atoms with Crippen molar-refractivity contribution >= 4 is 39.1 Å². The minimum atomic E-state index is 0.384. The van der Waals surface area contributed by atoms with E-state index in [-0.39, 0.29) is 0 Å². The van der Waals surface area contributed by atoms with Crippen molar-refractivity contribution in [3.8, 4) is 0 Å². The Labute approximate surface area is 124 Å². The highest BCUT2D eigenvalue weighted by Crippen LogP contribution is 2.21. The maximum atomic E-state index is 6.03. The molecule has 1 heterocycles. The van der Waals surface area contributed by atoms with E-state index in [0.29, 0.717) is 23.4 Å². The summed E-state index contributed by atoms with van der Waals surface area (Å²) in [5, 5.41) is 0.955. The van der Waals surface area contributed by atoms with E-state index in [1.807, 2.05) is 24.3 Å². The van der Waals surface area contributed by atoms with Gasteiger partial charge in [-0.05, 0) is 17.7 Å². The SMILES string of the molecule is Clc1cc(Cl)c(COCc2ccccc2Br)cn1. The number of benzene rings is 1. The Morgan fingerprint density at radius 2 is 1.83 bits per heavy atom. The summed E-state index contributed by atoms with van der Waals surface area (Å²) in [5.41, 5.74) is 1.92. The fourth-order valence-electron chi connectivity index (χ4n) is 1.43. The van der Waals surface area contributed by atoms with E-state index in [9.17, 15) is 0 Å². The first-order valence-electron chi connectivity index (χ1n) is 5.28. The number of hydrogen-bond acceptors (Lipinski definition) is 2. The average molecular weight is 347 g/mol. The first kappa shape index (κ1) is 13.8. The minimum absolute atomic E-state index is 0.384. The summed E-state index contributed by atoms with van der Waals surface area (Å²) in [5.74, 6) is 0. The van der Waals surface area contributed by atoms with E-state index in [1.165, 1.54) is 0 Å². The van der Waals surface area contributed by atoms with Gasteiger partial charge in [0.05, 0.1) is 18.2 Å². The summed E-state index contributed by atoms with van der Waals surface area (Å²) in [6.07, 6.45) is 1.63. The molecule has 0 saturated carbocycles. The lowest BCUT2D eigenvalue weighted by Gasteiger charge is -2.07. The average Bonchev–Trinajstić information content (AvgIpc) is 2.34. The van der Waals surface area contributed by atoms with Gasteiger partial charge in [-0.3, -0.25) is 0 Å². The van der Waals surface area contributed by atoms with Crippen LogP contribution in [0.1, 0.15) is 11.1 Å². The number of nitrogens with zero attached hydrogens (tertiary/aromatic N) is 1. The summed E-state index contributed by atoms with van der Waals surface area (Å²) in [4.78, 5) is 3.97. The van der Waals surface area contributed by atoms with Crippen LogP contribution in [0.3, 0.4) is 0 Å². The molecule has 0 aliphatic heterocycles. The zero-order valence-electron chi connectivity index (χ0n) is 9.37. The van der Waals surface area contributed by atoms with Gasteiger partial charge in [0.2, 0.25) is 0 Å². The van der Waals surface area contributed by atoms with Crippen LogP contribution in [0.4, 0.5) is 0 Å². The molecule has 2 nitrogen and oxygen atoms in total. The Hall–Kier alpha value is -0.610. The van der Waals surface area contributed by atoms with Gasteiger partial charge in [0.15, 0.2) is 0 Å². The van der Waals surface area contributed by atoms with Crippen molar-refractivity contribution in [3.05, 3.63) is 62.3 Å². The lowest BCUT2D eigenvalue weighted by molar-refractivity contribution is 0.106. The van der Waals surface area contributed by atoms with Gasteiger partial charge in [-0.25, -0.2) is 4.98 Å². The Morgan fingerprint density at radius 3 is 2.56 bits per heavy atom. The monoisotopic (exact) mass is 345 g/mol. The minimum Gasteiger partial charge on any atom is -0.372 e. The third-order valence-corrected chi connectivity index (χ3v) is 3.70. The molecule has 0 spiro atoms. The van der Waals surface area contributed by atoms with Crippen molar-refractivity contribution < 1.29 is 4.74 Å². The van der Waals surface area contributed by atoms with Crippen LogP contribution in [0.25, 0.3) is 0 Å². The second kappa shape index (κ2) is 6.53. The molecule has 0 aliphatic carbocycles. The van der Waals surface area contributed by atoms with Crippen LogP contribution in [0, 0.1) is 0 Å². The second-order valence-corrected chi connectivity index (χ2v) is 5.33. The molecule has 18 heavy (non-hydrogen) atoms. The predicted molar refractivity (Wildman–Crippen MR) is 76.9 cm³/mol. The Morgan fingerprint density at radius 1 is 1.11 bits per heavy atom. The highest BCUT2D eigenvalue weighted by molar-refractivity contribution is 9.10. The van der Waals surface area contributed by atoms with E-state index in [4.69, 9.17) is 27.9 Å². The van der Waals surface area contributed by atoms with Crippen LogP contribution in [-0.4, -0.2) is 4.98 Å². The van der Waals surface area contributed by atoms with Gasteiger partial charge in [-0.2, -0.15) is 0 Å². The van der Waals surface area contributed by atoms with Gasteiger partial charge < -0.3 is 4.74 Å². The molecule has 0 saturated heterocycles. The number of pyridine rings is 1. The molecule has 0 N–H and O–H groups in total. The fraction of sp³-hybridized carbons (Fsp3) is 0.154. The van der Waals surface area contributed by atoms with Crippen LogP contribution in [0.2, 0.25) is 10.2 Å². The smallest absolute Gasteiger partial charge is 0.130 e. The molecule has 2 rings (SSSR count). The van der Waals surface area contributed by atoms with E-state index in [0.717, 1.165) is 15.6 Å². The summed E-state index contributed by atoms with van der Waals surface area (Å²) in [6, 6.07) is 9.54. The fourth-order valence-corrected chi connectivity index (χ4v) is 2.25. The van der Waals surface area contributed by atoms with E-state index >= 15 is 0 Å². The Bertz CT molecular complexity index is 548. The molecule has 2 aromatic rings. The first-order chi connectivity index (χ1) is 8.66. The van der Waals surface area contributed by atoms with Gasteiger partial charge in [0.1, 0.15) is 5.15 Å². The lowest BCUT2D eigenvalue weighted by atomic mass is 10.2. The molecule has 0 radical (unpaired) electrons. The summed E-state index contributed by atoms with van der Waals surface area (Å²) in [6.45, 7) is 0.921. The maximum absolute atomic E-state index is 6.03. The number of aromatic nitrogens is 1. The van der Waals surface area contributed by atoms with Gasteiger partial charge in [-0.15, -0.1) is 0 Å². The Kier molecular flexibility index (Phi) is 5.01. The third kappa shape index (κ3) is 3.69. The molecule has 0 aliphatic rings. The van der Waals surface area contributed by atoms with Crippen molar-refractivity contribution in [1.29, 1.82) is 0 Å². The molecule has 0 bridgehead atoms. The van der Waals surface area contributed by atoms with Crippen molar-refractivity contribution in [2.45, 2.75) is 13.2 Å². The third-order valence-electron chi connectivity index (χ3n) is 2.37. The van der Waals surface area contributed by atoms with Gasteiger partial charge in [-0.1, -0.05) is 57.3 Å². The zero-order chi connectivity index (χ0) is 13.0. The first-order valence-corrected chi connectivity index (χ1v) is 6.83. The predicted octanol–water partition coefficient (Wildman–Crippen LogP) is 4.87. The second-order valence-electron chi connectivity index (χ2n) is 3.68. The van der Waals surface area contributed by atoms with Crippen molar-refractivity contribution in [3.63, 3.8) is 0 Å². The molecular formula is C13H10BrCl2NO. The quantitative estimate of drug-likeness (QED) is 0.737. The van der Waals surface area contributed by atoms with Gasteiger partial charge in [0, 0.05) is 16.2 Å². The van der Waals surface area contributed by atoms with Crippen LogP contribution in [0.5, 0.6) is 0 Å². The van der Waals surface area contributed by atoms with E-state index in [1.54, 1.807) is 12.3 Å². The van der Waals surface area contributed by atoms with Crippen molar-refractivity contribution in [2.24, 2.45) is 0 Å². The van der Waals surface area contributed by atoms with Crippen LogP contribution in [0.15, 0.2) is 41.0 Å². The lowest BCUT2D eigenvalue weighted by Crippen LogP contribution is -1.96. The zero-order valence-corrected chi connectivity index (χ0v) is 12.5.